The van der Waals surface area contributed by atoms with E-state index in [0.29, 0.717) is 18.0 Å². The average molecular weight is 296 g/mol. The summed E-state index contributed by atoms with van der Waals surface area (Å²) < 4.78 is 27.2. The highest BCUT2D eigenvalue weighted by Gasteiger charge is 2.24. The molecule has 0 aliphatic carbocycles. The molecule has 0 fully saturated rings. The van der Waals surface area contributed by atoms with Crippen molar-refractivity contribution in [1.82, 2.24) is 14.9 Å². The maximum absolute atomic E-state index is 13.7. The van der Waals surface area contributed by atoms with E-state index in [1.54, 1.807) is 6.20 Å². The Bertz CT molecular complexity index is 688. The molecule has 2 rings (SSSR count). The van der Waals surface area contributed by atoms with E-state index in [-0.39, 0.29) is 6.54 Å². The molecule has 0 atom stereocenters. The molecule has 0 aliphatic heterocycles. The Hall–Kier alpha value is -2.84. The molecule has 21 heavy (non-hydrogen) atoms. The summed E-state index contributed by atoms with van der Waals surface area (Å²) in [4.78, 5) is 29.2. The van der Waals surface area contributed by atoms with Crippen molar-refractivity contribution in [2.24, 2.45) is 0 Å². The van der Waals surface area contributed by atoms with E-state index < -0.39 is 33.7 Å². The van der Waals surface area contributed by atoms with Crippen molar-refractivity contribution < 1.29 is 18.5 Å². The topological polar surface area (TPSA) is 92.1 Å². The first-order valence-corrected chi connectivity index (χ1v) is 5.77. The number of nitro benzene ring substituents is 1. The minimum atomic E-state index is -1.27. The van der Waals surface area contributed by atoms with Gasteiger partial charge in [-0.15, -0.1) is 0 Å². The molecule has 2 aromatic rings. The lowest BCUT2D eigenvalue weighted by atomic mass is 10.1. The number of hydrogen-bond acceptors (Lipinski definition) is 4. The second-order valence-corrected chi connectivity index (χ2v) is 4.24. The van der Waals surface area contributed by atoms with Crippen LogP contribution in [0.4, 0.5) is 14.5 Å². The highest BCUT2D eigenvalue weighted by molar-refractivity contribution is 5.94. The molecule has 0 saturated carbocycles. The van der Waals surface area contributed by atoms with Gasteiger partial charge in [0.1, 0.15) is 11.6 Å². The van der Waals surface area contributed by atoms with Crippen LogP contribution in [0.15, 0.2) is 24.5 Å². The summed E-state index contributed by atoms with van der Waals surface area (Å²) in [6, 6.07) is 0.914. The van der Waals surface area contributed by atoms with Gasteiger partial charge in [-0.2, -0.15) is 4.39 Å². The fourth-order valence-corrected chi connectivity index (χ4v) is 1.73. The number of aromatic amines is 1. The number of aromatic nitrogens is 2. The Balaban J connectivity index is 2.26. The number of hydrogen-bond donors (Lipinski definition) is 1. The first-order chi connectivity index (χ1) is 9.90. The zero-order valence-corrected chi connectivity index (χ0v) is 10.8. The average Bonchev–Trinajstić information content (AvgIpc) is 2.92. The van der Waals surface area contributed by atoms with Gasteiger partial charge in [0.05, 0.1) is 23.1 Å². The molecule has 0 saturated heterocycles. The second-order valence-electron chi connectivity index (χ2n) is 4.24. The number of nitro groups is 1. The number of imidazole rings is 1. The number of carbonyl (C=O) groups is 1. The van der Waals surface area contributed by atoms with Crippen LogP contribution < -0.4 is 0 Å². The van der Waals surface area contributed by atoms with Gasteiger partial charge in [-0.05, 0) is 6.07 Å². The quantitative estimate of drug-likeness (QED) is 0.688. The van der Waals surface area contributed by atoms with E-state index in [0.717, 1.165) is 4.90 Å². The Kier molecular flexibility index (Phi) is 3.92. The summed E-state index contributed by atoms with van der Waals surface area (Å²) >= 11 is 0. The van der Waals surface area contributed by atoms with Crippen LogP contribution in [0.2, 0.25) is 0 Å². The third-order valence-electron chi connectivity index (χ3n) is 2.75. The van der Waals surface area contributed by atoms with Crippen molar-refractivity contribution in [2.45, 2.75) is 6.54 Å². The lowest BCUT2D eigenvalue weighted by Gasteiger charge is -2.16. The number of H-pyrrole nitrogens is 1. The summed E-state index contributed by atoms with van der Waals surface area (Å²) in [5.41, 5.74) is -1.59. The highest BCUT2D eigenvalue weighted by Crippen LogP contribution is 2.22. The van der Waals surface area contributed by atoms with Crippen molar-refractivity contribution in [3.8, 4) is 0 Å². The third kappa shape index (κ3) is 3.02. The number of carbonyl (C=O) groups excluding carboxylic acids is 1. The molecule has 0 spiro atoms. The predicted molar refractivity (Wildman–Crippen MR) is 67.4 cm³/mol. The van der Waals surface area contributed by atoms with Crippen LogP contribution >= 0.6 is 0 Å². The summed E-state index contributed by atoms with van der Waals surface area (Å²) in [5.74, 6) is -2.76. The fourth-order valence-electron chi connectivity index (χ4n) is 1.73. The molecule has 1 heterocycles. The van der Waals surface area contributed by atoms with Gasteiger partial charge in [0.15, 0.2) is 0 Å². The summed E-state index contributed by atoms with van der Waals surface area (Å²) in [5, 5.41) is 10.5. The van der Waals surface area contributed by atoms with Gasteiger partial charge in [0.25, 0.3) is 5.91 Å². The molecule has 0 aliphatic rings. The van der Waals surface area contributed by atoms with Gasteiger partial charge in [-0.25, -0.2) is 9.37 Å². The monoisotopic (exact) mass is 296 g/mol. The van der Waals surface area contributed by atoms with E-state index in [4.69, 9.17) is 0 Å². The van der Waals surface area contributed by atoms with Gasteiger partial charge >= 0.3 is 5.69 Å². The smallest absolute Gasteiger partial charge is 0.307 e. The van der Waals surface area contributed by atoms with Crippen molar-refractivity contribution in [1.29, 1.82) is 0 Å². The van der Waals surface area contributed by atoms with Crippen molar-refractivity contribution in [3.63, 3.8) is 0 Å². The number of nitrogens with one attached hydrogen (secondary N) is 1. The Morgan fingerprint density at radius 1 is 1.43 bits per heavy atom. The zero-order chi connectivity index (χ0) is 15.6. The van der Waals surface area contributed by atoms with Gasteiger partial charge in [-0.1, -0.05) is 0 Å². The number of nitrogens with zero attached hydrogens (tertiary/aromatic N) is 3. The summed E-state index contributed by atoms with van der Waals surface area (Å²) in [6.07, 6.45) is 3.04. The molecule has 0 bridgehead atoms. The van der Waals surface area contributed by atoms with Crippen LogP contribution in [0.3, 0.4) is 0 Å². The second kappa shape index (κ2) is 5.65. The largest absolute Gasteiger partial charge is 0.347 e. The summed E-state index contributed by atoms with van der Waals surface area (Å²) in [7, 11) is 1.38. The SMILES string of the molecule is CN(Cc1ncc[nH]1)C(=O)c1cc(F)c([N+](=O)[O-])cc1F. The predicted octanol–water partition coefficient (Wildman–Crippen LogP) is 1.87. The minimum Gasteiger partial charge on any atom is -0.347 e. The molecule has 1 aromatic heterocycles. The van der Waals surface area contributed by atoms with E-state index in [2.05, 4.69) is 9.97 Å². The standard InChI is InChI=1S/C12H10F2N4O3/c1-17(6-11-15-2-3-16-11)12(19)7-4-9(14)10(18(20)21)5-8(7)13/h2-5H,6H2,1H3,(H,15,16). The van der Waals surface area contributed by atoms with Gasteiger partial charge < -0.3 is 9.88 Å². The van der Waals surface area contributed by atoms with Crippen molar-refractivity contribution in [2.75, 3.05) is 7.05 Å². The molecular weight excluding hydrogens is 286 g/mol. The van der Waals surface area contributed by atoms with E-state index in [9.17, 15) is 23.7 Å². The lowest BCUT2D eigenvalue weighted by molar-refractivity contribution is -0.387. The minimum absolute atomic E-state index is 0.0594. The Morgan fingerprint density at radius 3 is 2.71 bits per heavy atom. The van der Waals surface area contributed by atoms with Gasteiger partial charge in [0, 0.05) is 19.4 Å². The van der Waals surface area contributed by atoms with E-state index in [1.165, 1.54) is 13.2 Å². The first kappa shape index (κ1) is 14.6. The number of halogens is 2. The molecule has 110 valence electrons. The summed E-state index contributed by atoms with van der Waals surface area (Å²) in [6.45, 7) is 0.0594. The van der Waals surface area contributed by atoms with Crippen LogP contribution in [0.1, 0.15) is 16.2 Å². The lowest BCUT2D eigenvalue weighted by Crippen LogP contribution is -2.27. The van der Waals surface area contributed by atoms with Crippen molar-refractivity contribution in [3.05, 3.63) is 57.7 Å². The number of benzene rings is 1. The van der Waals surface area contributed by atoms with E-state index >= 15 is 0 Å². The van der Waals surface area contributed by atoms with Crippen LogP contribution in [0.5, 0.6) is 0 Å². The Labute approximate surface area is 117 Å². The maximum Gasteiger partial charge on any atom is 0.307 e. The third-order valence-corrected chi connectivity index (χ3v) is 2.75. The highest BCUT2D eigenvalue weighted by atomic mass is 19.1. The van der Waals surface area contributed by atoms with E-state index in [1.807, 2.05) is 0 Å². The number of rotatable bonds is 4. The molecule has 9 heteroatoms. The van der Waals surface area contributed by atoms with Crippen molar-refractivity contribution >= 4 is 11.6 Å². The fraction of sp³-hybridized carbons (Fsp3) is 0.167. The van der Waals surface area contributed by atoms with Gasteiger partial charge in [0.2, 0.25) is 5.82 Å². The van der Waals surface area contributed by atoms with Crippen LogP contribution in [-0.4, -0.2) is 32.7 Å². The van der Waals surface area contributed by atoms with Gasteiger partial charge in [-0.3, -0.25) is 14.9 Å². The molecule has 7 nitrogen and oxygen atoms in total. The molecule has 1 amide bonds. The Morgan fingerprint density at radius 2 is 2.14 bits per heavy atom. The zero-order valence-electron chi connectivity index (χ0n) is 10.8. The van der Waals surface area contributed by atoms with Crippen LogP contribution in [0, 0.1) is 21.7 Å². The molecule has 0 radical (unpaired) electrons. The maximum atomic E-state index is 13.7. The van der Waals surface area contributed by atoms with Crippen LogP contribution in [0.25, 0.3) is 0 Å². The number of amides is 1. The normalized spacial score (nSPS) is 10.4. The molecule has 0 unspecified atom stereocenters. The molecule has 1 N–H and O–H groups in total. The first-order valence-electron chi connectivity index (χ1n) is 5.77. The molecular formula is C12H10F2N4O3. The van der Waals surface area contributed by atoms with Crippen LogP contribution in [-0.2, 0) is 6.54 Å². The molecule has 1 aromatic carbocycles.